The number of rotatable bonds is 8. The average molecular weight is 569 g/mol. The van der Waals surface area contributed by atoms with Crippen molar-refractivity contribution in [1.82, 2.24) is 9.80 Å². The number of carbonyl (C=O) groups excluding carboxylic acids is 3. The predicted octanol–water partition coefficient (Wildman–Crippen LogP) is 4.99. The van der Waals surface area contributed by atoms with Gasteiger partial charge in [-0.25, -0.2) is 0 Å². The van der Waals surface area contributed by atoms with E-state index in [1.165, 1.54) is 16.0 Å². The van der Waals surface area contributed by atoms with Gasteiger partial charge in [0.15, 0.2) is 11.5 Å². The molecule has 6 rings (SSSR count). The lowest BCUT2D eigenvalue weighted by Gasteiger charge is -2.52. The summed E-state index contributed by atoms with van der Waals surface area (Å²) in [5, 5.41) is 0. The molecule has 0 unspecified atom stereocenters. The van der Waals surface area contributed by atoms with Crippen LogP contribution in [0, 0.1) is 5.92 Å². The Morgan fingerprint density at radius 3 is 2.12 bits per heavy atom. The van der Waals surface area contributed by atoms with Crippen LogP contribution in [0.4, 0.5) is 0 Å². The number of methoxy groups -OCH3 is 2. The largest absolute Gasteiger partial charge is 0.493 e. The Labute approximate surface area is 246 Å². The third kappa shape index (κ3) is 4.94. The quantitative estimate of drug-likeness (QED) is 0.280. The second-order valence-corrected chi connectivity index (χ2v) is 11.3. The minimum absolute atomic E-state index is 0.158. The van der Waals surface area contributed by atoms with Crippen molar-refractivity contribution in [2.24, 2.45) is 5.92 Å². The molecule has 0 aromatic heterocycles. The molecule has 1 spiro atoms. The highest BCUT2D eigenvalue weighted by Crippen LogP contribution is 2.50. The zero-order chi connectivity index (χ0) is 29.3. The third-order valence-electron chi connectivity index (χ3n) is 9.21. The molecule has 2 heterocycles. The van der Waals surface area contributed by atoms with Gasteiger partial charge in [-0.05, 0) is 73.1 Å². The van der Waals surface area contributed by atoms with Crippen LogP contribution in [-0.2, 0) is 28.1 Å². The number of benzene rings is 3. The van der Waals surface area contributed by atoms with Gasteiger partial charge in [-0.15, -0.1) is 0 Å². The van der Waals surface area contributed by atoms with Gasteiger partial charge in [0.05, 0.1) is 31.3 Å². The number of amides is 2. The van der Waals surface area contributed by atoms with E-state index < -0.39 is 0 Å². The summed E-state index contributed by atoms with van der Waals surface area (Å²) in [7, 11) is 3.28. The maximum atomic E-state index is 13.1. The fourth-order valence-electron chi connectivity index (χ4n) is 6.95. The topological polar surface area (TPSA) is 85.4 Å². The highest BCUT2D eigenvalue weighted by atomic mass is 16.5. The van der Waals surface area contributed by atoms with Gasteiger partial charge in [0, 0.05) is 25.2 Å². The third-order valence-corrected chi connectivity index (χ3v) is 9.21. The van der Waals surface area contributed by atoms with Gasteiger partial charge in [-0.3, -0.25) is 24.2 Å². The predicted molar refractivity (Wildman–Crippen MR) is 157 cm³/mol. The molecule has 42 heavy (non-hydrogen) atoms. The zero-order valence-corrected chi connectivity index (χ0v) is 24.1. The molecule has 3 aliphatic rings. The summed E-state index contributed by atoms with van der Waals surface area (Å²) in [5.41, 5.74) is 3.92. The summed E-state index contributed by atoms with van der Waals surface area (Å²) < 4.78 is 17.0. The Kier molecular flexibility index (Phi) is 7.73. The maximum absolute atomic E-state index is 13.1. The summed E-state index contributed by atoms with van der Waals surface area (Å²) in [6.07, 6.45) is 3.68. The molecule has 0 bridgehead atoms. The second-order valence-electron chi connectivity index (χ2n) is 11.3. The van der Waals surface area contributed by atoms with Crippen molar-refractivity contribution < 1.29 is 28.6 Å². The average Bonchev–Trinajstić information content (AvgIpc) is 3.28. The Bertz CT molecular complexity index is 1460. The van der Waals surface area contributed by atoms with Gasteiger partial charge in [0.25, 0.3) is 11.8 Å². The number of carbonyl (C=O) groups is 3. The van der Waals surface area contributed by atoms with Gasteiger partial charge in [0.1, 0.15) is 6.61 Å². The van der Waals surface area contributed by atoms with Crippen molar-refractivity contribution in [2.75, 3.05) is 33.9 Å². The molecule has 218 valence electrons. The van der Waals surface area contributed by atoms with E-state index in [4.69, 9.17) is 14.2 Å². The minimum atomic E-state index is -0.359. The first-order valence-electron chi connectivity index (χ1n) is 14.6. The fraction of sp³-hybridized carbons (Fsp3) is 0.382. The Morgan fingerprint density at radius 2 is 1.48 bits per heavy atom. The van der Waals surface area contributed by atoms with Crippen molar-refractivity contribution >= 4 is 17.8 Å². The van der Waals surface area contributed by atoms with Crippen LogP contribution in [0.3, 0.4) is 0 Å². The molecule has 2 amide bonds. The molecule has 3 aromatic carbocycles. The van der Waals surface area contributed by atoms with Crippen molar-refractivity contribution in [3.63, 3.8) is 0 Å². The second kappa shape index (κ2) is 11.6. The number of esters is 1. The molecule has 3 aromatic rings. The van der Waals surface area contributed by atoms with Crippen LogP contribution in [0.1, 0.15) is 63.1 Å². The Balaban J connectivity index is 1.23. The number of ether oxygens (including phenoxy) is 3. The van der Waals surface area contributed by atoms with Gasteiger partial charge in [0.2, 0.25) is 0 Å². The summed E-state index contributed by atoms with van der Waals surface area (Å²) >= 11 is 0. The first-order valence-corrected chi connectivity index (χ1v) is 14.6. The van der Waals surface area contributed by atoms with Gasteiger partial charge in [-0.2, -0.15) is 0 Å². The fourth-order valence-corrected chi connectivity index (χ4v) is 6.95. The van der Waals surface area contributed by atoms with E-state index in [1.807, 2.05) is 30.3 Å². The standard InChI is InChI=1S/C34H36N2O6/c1-40-29-20-25-14-17-35(18-19-36-31(37)26-10-6-7-11-27(26)32(36)38)34(28(25)21-30(29)41-2)15-12-24(13-16-34)33(39)42-22-23-8-4-3-5-9-23/h3-11,20-21,24H,12-19,22H2,1-2H3/t24-,34-. The number of imide groups is 1. The van der Waals surface area contributed by atoms with E-state index >= 15 is 0 Å². The first kappa shape index (κ1) is 28.0. The molecule has 1 aliphatic carbocycles. The summed E-state index contributed by atoms with van der Waals surface area (Å²) in [5.74, 6) is 0.556. The van der Waals surface area contributed by atoms with E-state index in [9.17, 15) is 14.4 Å². The van der Waals surface area contributed by atoms with Crippen LogP contribution >= 0.6 is 0 Å². The summed E-state index contributed by atoms with van der Waals surface area (Å²) in [6, 6.07) is 20.9. The number of hydrogen-bond donors (Lipinski definition) is 0. The monoisotopic (exact) mass is 568 g/mol. The Morgan fingerprint density at radius 1 is 0.857 bits per heavy atom. The molecule has 1 fully saturated rings. The minimum Gasteiger partial charge on any atom is -0.493 e. The summed E-state index contributed by atoms with van der Waals surface area (Å²) in [4.78, 5) is 43.0. The van der Waals surface area contributed by atoms with Crippen molar-refractivity contribution in [3.8, 4) is 11.5 Å². The zero-order valence-electron chi connectivity index (χ0n) is 24.1. The maximum Gasteiger partial charge on any atom is 0.309 e. The number of nitrogens with zero attached hydrogens (tertiary/aromatic N) is 2. The van der Waals surface area contributed by atoms with Crippen molar-refractivity contribution in [1.29, 1.82) is 0 Å². The van der Waals surface area contributed by atoms with Crippen LogP contribution in [-0.4, -0.2) is 61.4 Å². The molecule has 1 saturated carbocycles. The molecule has 2 aliphatic heterocycles. The van der Waals surface area contributed by atoms with E-state index in [0.29, 0.717) is 48.6 Å². The van der Waals surface area contributed by atoms with Crippen LogP contribution in [0.2, 0.25) is 0 Å². The molecule has 0 atom stereocenters. The van der Waals surface area contributed by atoms with Crippen LogP contribution in [0.5, 0.6) is 11.5 Å². The van der Waals surface area contributed by atoms with Crippen LogP contribution in [0.25, 0.3) is 0 Å². The molecular formula is C34H36N2O6. The van der Waals surface area contributed by atoms with Crippen molar-refractivity contribution in [2.45, 2.75) is 44.2 Å². The van der Waals surface area contributed by atoms with E-state index in [0.717, 1.165) is 31.4 Å². The highest BCUT2D eigenvalue weighted by Gasteiger charge is 2.47. The smallest absolute Gasteiger partial charge is 0.309 e. The van der Waals surface area contributed by atoms with Gasteiger partial charge >= 0.3 is 5.97 Å². The van der Waals surface area contributed by atoms with E-state index in [-0.39, 0.29) is 35.8 Å². The lowest BCUT2D eigenvalue weighted by molar-refractivity contribution is -0.152. The normalized spacial score (nSPS) is 21.7. The van der Waals surface area contributed by atoms with Crippen LogP contribution in [0.15, 0.2) is 66.7 Å². The molecule has 0 saturated heterocycles. The van der Waals surface area contributed by atoms with Gasteiger partial charge in [-0.1, -0.05) is 42.5 Å². The van der Waals surface area contributed by atoms with Gasteiger partial charge < -0.3 is 14.2 Å². The Hall–Kier alpha value is -4.17. The number of fused-ring (bicyclic) bond motifs is 3. The lowest BCUT2D eigenvalue weighted by atomic mass is 9.68. The van der Waals surface area contributed by atoms with Crippen molar-refractivity contribution in [3.05, 3.63) is 94.5 Å². The first-order chi connectivity index (χ1) is 20.4. The molecule has 8 heteroatoms. The molecular weight excluding hydrogens is 532 g/mol. The van der Waals surface area contributed by atoms with E-state index in [1.54, 1.807) is 38.5 Å². The molecule has 8 nitrogen and oxygen atoms in total. The molecule has 0 radical (unpaired) electrons. The lowest BCUT2D eigenvalue weighted by Crippen LogP contribution is -2.55. The number of hydrogen-bond acceptors (Lipinski definition) is 7. The highest BCUT2D eigenvalue weighted by molar-refractivity contribution is 6.21. The van der Waals surface area contributed by atoms with E-state index in [2.05, 4.69) is 17.0 Å². The molecule has 0 N–H and O–H groups in total. The van der Waals surface area contributed by atoms with Crippen LogP contribution < -0.4 is 9.47 Å². The SMILES string of the molecule is COc1cc2c(cc1OC)[C@]1(CC[C@@H](C(=O)OCc3ccccc3)CC1)N(CCN1C(=O)c3ccccc3C1=O)CC2. The summed E-state index contributed by atoms with van der Waals surface area (Å²) in [6.45, 7) is 1.89.